The monoisotopic (exact) mass is 235 g/mol. The molecular formula is C10H16F3N3. The van der Waals surface area contributed by atoms with E-state index in [4.69, 9.17) is 0 Å². The molecule has 0 spiro atoms. The Hall–Kier alpha value is -1.04. The van der Waals surface area contributed by atoms with Crippen molar-refractivity contribution in [2.75, 3.05) is 0 Å². The number of hydrogen-bond donors (Lipinski definition) is 2. The molecule has 1 heterocycles. The molecule has 2 N–H and O–H groups in total. The van der Waals surface area contributed by atoms with Crippen LogP contribution in [0.3, 0.4) is 0 Å². The van der Waals surface area contributed by atoms with E-state index in [0.717, 1.165) is 5.69 Å². The van der Waals surface area contributed by atoms with E-state index in [1.165, 1.54) is 0 Å². The molecule has 0 aliphatic rings. The Morgan fingerprint density at radius 1 is 1.50 bits per heavy atom. The van der Waals surface area contributed by atoms with Crippen LogP contribution in [-0.2, 0) is 6.54 Å². The normalized spacial score (nSPS) is 14.0. The minimum atomic E-state index is -4.04. The molecule has 0 saturated carbocycles. The van der Waals surface area contributed by atoms with Gasteiger partial charge in [0, 0.05) is 30.9 Å². The molecule has 0 saturated heterocycles. The fourth-order valence-corrected chi connectivity index (χ4v) is 1.38. The third-order valence-corrected chi connectivity index (χ3v) is 2.30. The number of aromatic amines is 1. The first kappa shape index (κ1) is 13.0. The number of halogens is 3. The highest BCUT2D eigenvalue weighted by Gasteiger charge is 2.26. The van der Waals surface area contributed by atoms with Crippen molar-refractivity contribution < 1.29 is 13.2 Å². The Bertz CT molecular complexity index is 282. The van der Waals surface area contributed by atoms with Gasteiger partial charge in [-0.05, 0) is 25.8 Å². The van der Waals surface area contributed by atoms with Crippen LogP contribution in [0, 0.1) is 0 Å². The van der Waals surface area contributed by atoms with E-state index in [0.29, 0.717) is 13.0 Å². The van der Waals surface area contributed by atoms with E-state index in [-0.39, 0.29) is 12.5 Å². The highest BCUT2D eigenvalue weighted by molar-refractivity contribution is 4.96. The summed E-state index contributed by atoms with van der Waals surface area (Å²) in [6.07, 6.45) is -2.41. The van der Waals surface area contributed by atoms with Crippen molar-refractivity contribution in [1.82, 2.24) is 15.5 Å². The Morgan fingerprint density at radius 2 is 2.25 bits per heavy atom. The highest BCUT2D eigenvalue weighted by Crippen LogP contribution is 2.22. The Labute approximate surface area is 92.4 Å². The summed E-state index contributed by atoms with van der Waals surface area (Å²) in [7, 11) is 0. The van der Waals surface area contributed by atoms with Crippen molar-refractivity contribution in [3.8, 4) is 0 Å². The number of aromatic nitrogens is 2. The van der Waals surface area contributed by atoms with Gasteiger partial charge in [0.1, 0.15) is 0 Å². The lowest BCUT2D eigenvalue weighted by Crippen LogP contribution is -2.26. The molecular weight excluding hydrogens is 219 g/mol. The predicted octanol–water partition coefficient (Wildman–Crippen LogP) is 2.62. The summed E-state index contributed by atoms with van der Waals surface area (Å²) in [5, 5.41) is 9.69. The lowest BCUT2D eigenvalue weighted by molar-refractivity contribution is -0.135. The summed E-state index contributed by atoms with van der Waals surface area (Å²) < 4.78 is 35.6. The number of hydrogen-bond acceptors (Lipinski definition) is 2. The van der Waals surface area contributed by atoms with Gasteiger partial charge >= 0.3 is 6.18 Å². The van der Waals surface area contributed by atoms with Gasteiger partial charge in [-0.25, -0.2) is 0 Å². The van der Waals surface area contributed by atoms with E-state index in [2.05, 4.69) is 15.5 Å². The number of nitrogens with one attached hydrogen (secondary N) is 2. The summed E-state index contributed by atoms with van der Waals surface area (Å²) >= 11 is 0. The van der Waals surface area contributed by atoms with Crippen molar-refractivity contribution in [2.45, 2.75) is 44.9 Å². The molecule has 0 radical (unpaired) electrons. The number of rotatable bonds is 6. The average Bonchev–Trinajstić information content (AvgIpc) is 2.65. The summed E-state index contributed by atoms with van der Waals surface area (Å²) in [5.74, 6) is 0. The van der Waals surface area contributed by atoms with Gasteiger partial charge < -0.3 is 5.32 Å². The second kappa shape index (κ2) is 5.89. The van der Waals surface area contributed by atoms with Crippen LogP contribution in [-0.4, -0.2) is 22.4 Å². The van der Waals surface area contributed by atoms with E-state index in [9.17, 15) is 13.2 Å². The van der Waals surface area contributed by atoms with E-state index < -0.39 is 12.6 Å². The van der Waals surface area contributed by atoms with Gasteiger partial charge in [0.25, 0.3) is 0 Å². The van der Waals surface area contributed by atoms with Gasteiger partial charge in [-0.15, -0.1) is 0 Å². The molecule has 1 atom stereocenters. The van der Waals surface area contributed by atoms with Crippen molar-refractivity contribution in [3.05, 3.63) is 18.0 Å². The van der Waals surface area contributed by atoms with Gasteiger partial charge in [-0.1, -0.05) is 0 Å². The predicted molar refractivity (Wildman–Crippen MR) is 54.8 cm³/mol. The molecule has 0 amide bonds. The molecule has 92 valence electrons. The van der Waals surface area contributed by atoms with Gasteiger partial charge in [0.15, 0.2) is 0 Å². The molecule has 6 heteroatoms. The molecule has 0 aromatic carbocycles. The second-order valence-electron chi connectivity index (χ2n) is 3.87. The fourth-order valence-electron chi connectivity index (χ4n) is 1.38. The molecule has 1 aromatic heterocycles. The van der Waals surface area contributed by atoms with Crippen LogP contribution in [0.15, 0.2) is 12.3 Å². The molecule has 1 rings (SSSR count). The van der Waals surface area contributed by atoms with Crippen molar-refractivity contribution in [3.63, 3.8) is 0 Å². The third kappa shape index (κ3) is 5.75. The van der Waals surface area contributed by atoms with Crippen LogP contribution in [0.25, 0.3) is 0 Å². The molecule has 0 aliphatic heterocycles. The third-order valence-electron chi connectivity index (χ3n) is 2.30. The van der Waals surface area contributed by atoms with Crippen molar-refractivity contribution >= 4 is 0 Å². The summed E-state index contributed by atoms with van der Waals surface area (Å²) in [4.78, 5) is 0. The topological polar surface area (TPSA) is 40.7 Å². The number of alkyl halides is 3. The zero-order chi connectivity index (χ0) is 12.0. The minimum absolute atomic E-state index is 0.0747. The number of H-pyrrole nitrogens is 1. The quantitative estimate of drug-likeness (QED) is 0.795. The molecule has 1 aromatic rings. The largest absolute Gasteiger partial charge is 0.389 e. The van der Waals surface area contributed by atoms with Crippen LogP contribution < -0.4 is 5.32 Å². The van der Waals surface area contributed by atoms with Crippen molar-refractivity contribution in [1.29, 1.82) is 0 Å². The van der Waals surface area contributed by atoms with Gasteiger partial charge in [0.2, 0.25) is 0 Å². The average molecular weight is 235 g/mol. The Kier molecular flexibility index (Phi) is 4.79. The zero-order valence-electron chi connectivity index (χ0n) is 9.14. The van der Waals surface area contributed by atoms with Crippen LogP contribution >= 0.6 is 0 Å². The van der Waals surface area contributed by atoms with Crippen LogP contribution in [0.2, 0.25) is 0 Å². The SMILES string of the molecule is CC(CCCC(F)(F)F)NCc1ccn[nH]1. The lowest BCUT2D eigenvalue weighted by Gasteiger charge is -2.13. The first-order valence-electron chi connectivity index (χ1n) is 5.26. The maximum Gasteiger partial charge on any atom is 0.389 e. The summed E-state index contributed by atoms with van der Waals surface area (Å²) in [5.41, 5.74) is 0.933. The van der Waals surface area contributed by atoms with E-state index >= 15 is 0 Å². The van der Waals surface area contributed by atoms with Crippen molar-refractivity contribution in [2.24, 2.45) is 0 Å². The van der Waals surface area contributed by atoms with E-state index in [1.54, 1.807) is 6.20 Å². The van der Waals surface area contributed by atoms with Gasteiger partial charge in [0.05, 0.1) is 0 Å². The molecule has 0 fully saturated rings. The highest BCUT2D eigenvalue weighted by atomic mass is 19.4. The van der Waals surface area contributed by atoms with Crippen LogP contribution in [0.1, 0.15) is 31.9 Å². The van der Waals surface area contributed by atoms with E-state index in [1.807, 2.05) is 13.0 Å². The molecule has 0 bridgehead atoms. The molecule has 0 aliphatic carbocycles. The molecule has 3 nitrogen and oxygen atoms in total. The molecule has 1 unspecified atom stereocenters. The maximum absolute atomic E-state index is 11.9. The fraction of sp³-hybridized carbons (Fsp3) is 0.700. The number of nitrogens with zero attached hydrogens (tertiary/aromatic N) is 1. The summed E-state index contributed by atoms with van der Waals surface area (Å²) in [6, 6.07) is 1.90. The van der Waals surface area contributed by atoms with Gasteiger partial charge in [-0.2, -0.15) is 18.3 Å². The minimum Gasteiger partial charge on any atom is -0.309 e. The zero-order valence-corrected chi connectivity index (χ0v) is 9.14. The smallest absolute Gasteiger partial charge is 0.309 e. The summed E-state index contributed by atoms with van der Waals surface area (Å²) in [6.45, 7) is 2.49. The first-order chi connectivity index (χ1) is 7.47. The van der Waals surface area contributed by atoms with Crippen LogP contribution in [0.5, 0.6) is 0 Å². The molecule has 16 heavy (non-hydrogen) atoms. The van der Waals surface area contributed by atoms with Gasteiger partial charge in [-0.3, -0.25) is 5.10 Å². The second-order valence-corrected chi connectivity index (χ2v) is 3.87. The van der Waals surface area contributed by atoms with Crippen LogP contribution in [0.4, 0.5) is 13.2 Å². The maximum atomic E-state index is 11.9. The standard InChI is InChI=1S/C10H16F3N3/c1-8(3-2-5-10(11,12)13)14-7-9-4-6-15-16-9/h4,6,8,14H,2-3,5,7H2,1H3,(H,15,16). The Morgan fingerprint density at radius 3 is 2.81 bits per heavy atom. The Balaban J connectivity index is 2.09. The lowest BCUT2D eigenvalue weighted by atomic mass is 10.1. The first-order valence-corrected chi connectivity index (χ1v) is 5.26.